The summed E-state index contributed by atoms with van der Waals surface area (Å²) in [7, 11) is 1.68. The molecule has 1 N–H and O–H groups in total. The molecule has 1 saturated heterocycles. The molecule has 29 heavy (non-hydrogen) atoms. The number of hydrogen-bond acceptors (Lipinski definition) is 5. The maximum Gasteiger partial charge on any atom is 0.223 e. The van der Waals surface area contributed by atoms with Gasteiger partial charge in [-0.2, -0.15) is 0 Å². The third-order valence-corrected chi connectivity index (χ3v) is 6.60. The molecule has 0 aliphatic carbocycles. The predicted octanol–water partition coefficient (Wildman–Crippen LogP) is 4.19. The Morgan fingerprint density at radius 2 is 2.10 bits per heavy atom. The van der Waals surface area contributed by atoms with Gasteiger partial charge in [0.15, 0.2) is 0 Å². The van der Waals surface area contributed by atoms with E-state index < -0.39 is 0 Å². The first kappa shape index (κ1) is 19.7. The molecule has 0 unspecified atom stereocenters. The number of hydrogen-bond donors (Lipinski definition) is 1. The van der Waals surface area contributed by atoms with Crippen LogP contribution >= 0.6 is 11.3 Å². The molecule has 0 atom stereocenters. The molecule has 5 nitrogen and oxygen atoms in total. The van der Waals surface area contributed by atoms with Crippen LogP contribution in [0.5, 0.6) is 5.75 Å². The van der Waals surface area contributed by atoms with Crippen LogP contribution in [0.15, 0.2) is 41.9 Å². The second-order valence-electron chi connectivity index (χ2n) is 7.53. The number of anilines is 1. The predicted molar refractivity (Wildman–Crippen MR) is 119 cm³/mol. The fraction of sp³-hybridized carbons (Fsp3) is 0.391. The molecule has 1 aromatic carbocycles. The second kappa shape index (κ2) is 8.82. The first-order valence-corrected chi connectivity index (χ1v) is 11.0. The molecule has 4 rings (SSSR count). The second-order valence-corrected chi connectivity index (χ2v) is 8.56. The van der Waals surface area contributed by atoms with E-state index in [2.05, 4.69) is 45.7 Å². The Hall–Kier alpha value is -2.60. The molecule has 1 aliphatic rings. The number of carbonyl (C=O) groups excluding carboxylic acids is 1. The number of rotatable bonds is 6. The minimum absolute atomic E-state index is 0.0949. The molecule has 0 radical (unpaired) electrons. The van der Waals surface area contributed by atoms with Crippen molar-refractivity contribution in [3.05, 3.63) is 52.3 Å². The zero-order chi connectivity index (χ0) is 20.2. The number of ether oxygens (including phenoxy) is 1. The molecule has 1 aliphatic heterocycles. The monoisotopic (exact) mass is 409 g/mol. The van der Waals surface area contributed by atoms with E-state index in [0.717, 1.165) is 54.6 Å². The van der Waals surface area contributed by atoms with Gasteiger partial charge >= 0.3 is 0 Å². The first-order valence-electron chi connectivity index (χ1n) is 10.1. The molecule has 2 aromatic heterocycles. The van der Waals surface area contributed by atoms with Gasteiger partial charge in [-0.3, -0.25) is 9.78 Å². The van der Waals surface area contributed by atoms with Gasteiger partial charge in [-0.15, -0.1) is 11.3 Å². The molecule has 3 heterocycles. The minimum Gasteiger partial charge on any atom is -0.494 e. The van der Waals surface area contributed by atoms with Gasteiger partial charge in [-0.1, -0.05) is 18.2 Å². The number of piperidine rings is 1. The SMILES string of the molecule is COc1cccc2c(N3CCC(C(=O)NCCc4cccs4)CC3)c(C)cnc12. The Bertz CT molecular complexity index is 979. The highest BCUT2D eigenvalue weighted by atomic mass is 32.1. The highest BCUT2D eigenvalue weighted by molar-refractivity contribution is 7.09. The number of para-hydroxylation sites is 1. The van der Waals surface area contributed by atoms with E-state index in [-0.39, 0.29) is 11.8 Å². The lowest BCUT2D eigenvalue weighted by molar-refractivity contribution is -0.125. The number of fused-ring (bicyclic) bond motifs is 1. The third-order valence-electron chi connectivity index (χ3n) is 5.67. The lowest BCUT2D eigenvalue weighted by atomic mass is 9.94. The van der Waals surface area contributed by atoms with Gasteiger partial charge in [-0.25, -0.2) is 0 Å². The summed E-state index contributed by atoms with van der Waals surface area (Å²) in [6.07, 6.45) is 4.58. The molecular weight excluding hydrogens is 382 g/mol. The van der Waals surface area contributed by atoms with E-state index in [1.165, 1.54) is 10.6 Å². The number of aryl methyl sites for hydroxylation is 1. The van der Waals surface area contributed by atoms with E-state index in [0.29, 0.717) is 6.54 Å². The van der Waals surface area contributed by atoms with Crippen molar-refractivity contribution in [1.29, 1.82) is 0 Å². The van der Waals surface area contributed by atoms with Crippen LogP contribution in [0.4, 0.5) is 5.69 Å². The largest absolute Gasteiger partial charge is 0.494 e. The van der Waals surface area contributed by atoms with E-state index in [9.17, 15) is 4.79 Å². The van der Waals surface area contributed by atoms with Crippen LogP contribution in [0.3, 0.4) is 0 Å². The average Bonchev–Trinajstić information content (AvgIpc) is 3.27. The fourth-order valence-electron chi connectivity index (χ4n) is 4.14. The van der Waals surface area contributed by atoms with E-state index >= 15 is 0 Å². The van der Waals surface area contributed by atoms with Crippen molar-refractivity contribution < 1.29 is 9.53 Å². The maximum absolute atomic E-state index is 12.6. The number of methoxy groups -OCH3 is 1. The fourth-order valence-corrected chi connectivity index (χ4v) is 4.85. The van der Waals surface area contributed by atoms with Crippen LogP contribution in [0.25, 0.3) is 10.9 Å². The molecular formula is C23H27N3O2S. The Morgan fingerprint density at radius 1 is 1.28 bits per heavy atom. The number of pyridine rings is 1. The number of amides is 1. The number of thiophene rings is 1. The van der Waals surface area contributed by atoms with Gasteiger partial charge in [0.05, 0.1) is 12.8 Å². The molecule has 0 saturated carbocycles. The zero-order valence-electron chi connectivity index (χ0n) is 17.0. The van der Waals surface area contributed by atoms with Crippen LogP contribution in [0.2, 0.25) is 0 Å². The van der Waals surface area contributed by atoms with Crippen LogP contribution in [0, 0.1) is 12.8 Å². The number of nitrogens with zero attached hydrogens (tertiary/aromatic N) is 2. The van der Waals surface area contributed by atoms with E-state index in [1.54, 1.807) is 18.4 Å². The van der Waals surface area contributed by atoms with Crippen molar-refractivity contribution in [2.45, 2.75) is 26.2 Å². The highest BCUT2D eigenvalue weighted by Crippen LogP contribution is 2.35. The standard InChI is InChI=1S/C23H27N3O2S/c1-16-15-25-21-19(6-3-7-20(21)28-2)22(16)26-12-9-17(10-13-26)23(27)24-11-8-18-5-4-14-29-18/h3-7,14-15,17H,8-13H2,1-2H3,(H,24,27). The number of benzene rings is 1. The van der Waals surface area contributed by atoms with Crippen molar-refractivity contribution in [2.75, 3.05) is 31.6 Å². The molecule has 1 amide bonds. The molecule has 6 heteroatoms. The summed E-state index contributed by atoms with van der Waals surface area (Å²) in [5.41, 5.74) is 3.26. The van der Waals surface area contributed by atoms with Gasteiger partial charge in [0.1, 0.15) is 11.3 Å². The smallest absolute Gasteiger partial charge is 0.223 e. The summed E-state index contributed by atoms with van der Waals surface area (Å²) in [5, 5.41) is 6.31. The van der Waals surface area contributed by atoms with E-state index in [1.807, 2.05) is 18.3 Å². The van der Waals surface area contributed by atoms with Gasteiger partial charge in [-0.05, 0) is 49.3 Å². The highest BCUT2D eigenvalue weighted by Gasteiger charge is 2.26. The van der Waals surface area contributed by atoms with Crippen LogP contribution < -0.4 is 15.0 Å². The lowest BCUT2D eigenvalue weighted by Crippen LogP contribution is -2.41. The minimum atomic E-state index is 0.0949. The zero-order valence-corrected chi connectivity index (χ0v) is 17.8. The quantitative estimate of drug-likeness (QED) is 0.663. The summed E-state index contributed by atoms with van der Waals surface area (Å²) < 4.78 is 5.49. The summed E-state index contributed by atoms with van der Waals surface area (Å²) in [4.78, 5) is 20.9. The van der Waals surface area contributed by atoms with Crippen molar-refractivity contribution >= 4 is 33.8 Å². The average molecular weight is 410 g/mol. The Balaban J connectivity index is 1.40. The first-order chi connectivity index (χ1) is 14.2. The Kier molecular flexibility index (Phi) is 6.00. The van der Waals surface area contributed by atoms with Crippen LogP contribution in [-0.4, -0.2) is 37.6 Å². The summed E-state index contributed by atoms with van der Waals surface area (Å²) in [6, 6.07) is 10.2. The van der Waals surface area contributed by atoms with Crippen molar-refractivity contribution in [1.82, 2.24) is 10.3 Å². The molecule has 152 valence electrons. The third kappa shape index (κ3) is 4.22. The van der Waals surface area contributed by atoms with Gasteiger partial charge in [0.25, 0.3) is 0 Å². The van der Waals surface area contributed by atoms with Gasteiger partial charge in [0.2, 0.25) is 5.91 Å². The topological polar surface area (TPSA) is 54.5 Å². The van der Waals surface area contributed by atoms with E-state index in [4.69, 9.17) is 4.74 Å². The van der Waals surface area contributed by atoms with Crippen LogP contribution in [-0.2, 0) is 11.2 Å². The number of aromatic nitrogens is 1. The summed E-state index contributed by atoms with van der Waals surface area (Å²) in [5.74, 6) is 1.08. The van der Waals surface area contributed by atoms with Crippen molar-refractivity contribution in [3.63, 3.8) is 0 Å². The summed E-state index contributed by atoms with van der Waals surface area (Å²) in [6.45, 7) is 4.57. The van der Waals surface area contributed by atoms with Crippen molar-refractivity contribution in [3.8, 4) is 5.75 Å². The van der Waals surface area contributed by atoms with Gasteiger partial charge in [0, 0.05) is 42.0 Å². The molecule has 1 fully saturated rings. The number of nitrogens with one attached hydrogen (secondary N) is 1. The molecule has 0 spiro atoms. The van der Waals surface area contributed by atoms with Crippen LogP contribution in [0.1, 0.15) is 23.3 Å². The maximum atomic E-state index is 12.6. The normalized spacial score (nSPS) is 14.9. The number of carbonyl (C=O) groups is 1. The Morgan fingerprint density at radius 3 is 2.83 bits per heavy atom. The lowest BCUT2D eigenvalue weighted by Gasteiger charge is -2.34. The van der Waals surface area contributed by atoms with Gasteiger partial charge < -0.3 is 15.0 Å². The molecule has 3 aromatic rings. The van der Waals surface area contributed by atoms with Crippen molar-refractivity contribution in [2.24, 2.45) is 5.92 Å². The summed E-state index contributed by atoms with van der Waals surface area (Å²) >= 11 is 1.74. The Labute approximate surface area is 175 Å². The molecule has 0 bridgehead atoms.